The highest BCUT2D eigenvalue weighted by Gasteiger charge is 2.23. The molecule has 0 saturated heterocycles. The number of nitrogens with zero attached hydrogens (tertiary/aromatic N) is 1. The third kappa shape index (κ3) is 3.64. The molecule has 0 aromatic heterocycles. The second-order valence-corrected chi connectivity index (χ2v) is 6.27. The molecular formula is C14H20N2O3S. The van der Waals surface area contributed by atoms with E-state index in [1.165, 1.54) is 12.5 Å². The molecule has 2 unspecified atom stereocenters. The molecule has 1 aromatic rings. The van der Waals surface area contributed by atoms with Crippen LogP contribution in [-0.2, 0) is 6.61 Å². The van der Waals surface area contributed by atoms with Gasteiger partial charge in [0.1, 0.15) is 5.69 Å². The van der Waals surface area contributed by atoms with Crippen molar-refractivity contribution in [1.82, 2.24) is 0 Å². The molecule has 20 heavy (non-hydrogen) atoms. The van der Waals surface area contributed by atoms with Crippen molar-refractivity contribution >= 4 is 23.1 Å². The predicted octanol–water partition coefficient (Wildman–Crippen LogP) is 3.17. The zero-order valence-corrected chi connectivity index (χ0v) is 12.4. The number of aliphatic hydroxyl groups excluding tert-OH is 1. The van der Waals surface area contributed by atoms with Gasteiger partial charge in [-0.1, -0.05) is 6.42 Å². The molecule has 110 valence electrons. The molecule has 1 saturated carbocycles. The van der Waals surface area contributed by atoms with Crippen molar-refractivity contribution < 1.29 is 10.0 Å². The lowest BCUT2D eigenvalue weighted by atomic mass is 9.94. The average molecular weight is 296 g/mol. The number of anilines is 1. The van der Waals surface area contributed by atoms with Crippen LogP contribution in [0.3, 0.4) is 0 Å². The van der Waals surface area contributed by atoms with Gasteiger partial charge in [0.2, 0.25) is 0 Å². The summed E-state index contributed by atoms with van der Waals surface area (Å²) in [6, 6.07) is 5.01. The molecule has 0 bridgehead atoms. The molecule has 2 N–H and O–H groups in total. The summed E-state index contributed by atoms with van der Waals surface area (Å²) >= 11 is 1.86. The van der Waals surface area contributed by atoms with E-state index in [0.29, 0.717) is 16.5 Å². The van der Waals surface area contributed by atoms with Gasteiger partial charge >= 0.3 is 0 Å². The summed E-state index contributed by atoms with van der Waals surface area (Å²) in [5, 5.41) is 24.2. The first kappa shape index (κ1) is 15.1. The molecule has 6 heteroatoms. The van der Waals surface area contributed by atoms with Crippen LogP contribution in [0, 0.1) is 10.1 Å². The van der Waals surface area contributed by atoms with Crippen molar-refractivity contribution in [3.63, 3.8) is 0 Å². The van der Waals surface area contributed by atoms with Gasteiger partial charge in [-0.25, -0.2) is 0 Å². The fourth-order valence-corrected chi connectivity index (χ4v) is 3.49. The largest absolute Gasteiger partial charge is 0.392 e. The summed E-state index contributed by atoms with van der Waals surface area (Å²) in [6.45, 7) is -0.106. The first-order valence-corrected chi connectivity index (χ1v) is 8.10. The maximum absolute atomic E-state index is 11.1. The van der Waals surface area contributed by atoms with Gasteiger partial charge in [-0.15, -0.1) is 0 Å². The number of aliphatic hydroxyl groups is 1. The van der Waals surface area contributed by atoms with Crippen LogP contribution in [0.2, 0.25) is 0 Å². The monoisotopic (exact) mass is 296 g/mol. The summed E-state index contributed by atoms with van der Waals surface area (Å²) in [5.74, 6) is 0. The molecular weight excluding hydrogens is 276 g/mol. The standard InChI is InChI=1S/C14H20N2O3S/c1-20-12-4-2-3-11(8-12)15-13-7-10(9-17)5-6-14(13)16(18)19/h5-7,11-12,15,17H,2-4,8-9H2,1H3. The highest BCUT2D eigenvalue weighted by atomic mass is 32.2. The van der Waals surface area contributed by atoms with E-state index in [1.54, 1.807) is 12.1 Å². The summed E-state index contributed by atoms with van der Waals surface area (Å²) in [5.41, 5.74) is 1.29. The second-order valence-electron chi connectivity index (χ2n) is 5.13. The first-order valence-electron chi connectivity index (χ1n) is 6.81. The fourth-order valence-electron chi connectivity index (χ4n) is 2.67. The highest BCUT2D eigenvalue weighted by molar-refractivity contribution is 7.99. The Kier molecular flexibility index (Phi) is 5.25. The number of hydrogen-bond acceptors (Lipinski definition) is 5. The van der Waals surface area contributed by atoms with E-state index in [-0.39, 0.29) is 23.3 Å². The van der Waals surface area contributed by atoms with Gasteiger partial charge < -0.3 is 10.4 Å². The molecule has 0 spiro atoms. The van der Waals surface area contributed by atoms with E-state index in [2.05, 4.69) is 11.6 Å². The van der Waals surface area contributed by atoms with Crippen LogP contribution < -0.4 is 5.32 Å². The lowest BCUT2D eigenvalue weighted by Crippen LogP contribution is -2.28. The van der Waals surface area contributed by atoms with Gasteiger partial charge in [-0.05, 0) is 43.2 Å². The Morgan fingerprint density at radius 1 is 1.50 bits per heavy atom. The zero-order valence-electron chi connectivity index (χ0n) is 11.5. The summed E-state index contributed by atoms with van der Waals surface area (Å²) in [6.07, 6.45) is 6.55. The van der Waals surface area contributed by atoms with Crippen molar-refractivity contribution in [2.24, 2.45) is 0 Å². The number of hydrogen-bond donors (Lipinski definition) is 2. The van der Waals surface area contributed by atoms with Crippen LogP contribution in [0.25, 0.3) is 0 Å². The molecule has 1 aromatic carbocycles. The van der Waals surface area contributed by atoms with Gasteiger partial charge in [-0.2, -0.15) is 11.8 Å². The van der Waals surface area contributed by atoms with Crippen LogP contribution in [-0.4, -0.2) is 27.6 Å². The maximum Gasteiger partial charge on any atom is 0.292 e. The molecule has 0 aliphatic heterocycles. The van der Waals surface area contributed by atoms with Gasteiger partial charge in [0.25, 0.3) is 5.69 Å². The van der Waals surface area contributed by atoms with E-state index >= 15 is 0 Å². The van der Waals surface area contributed by atoms with E-state index in [4.69, 9.17) is 0 Å². The second kappa shape index (κ2) is 6.95. The van der Waals surface area contributed by atoms with Crippen LogP contribution in [0.1, 0.15) is 31.2 Å². The Morgan fingerprint density at radius 2 is 2.30 bits per heavy atom. The number of thioether (sulfide) groups is 1. The lowest BCUT2D eigenvalue weighted by molar-refractivity contribution is -0.384. The summed E-state index contributed by atoms with van der Waals surface area (Å²) in [4.78, 5) is 10.7. The van der Waals surface area contributed by atoms with E-state index < -0.39 is 0 Å². The van der Waals surface area contributed by atoms with Crippen LogP contribution >= 0.6 is 11.8 Å². The molecule has 1 aliphatic carbocycles. The van der Waals surface area contributed by atoms with Gasteiger partial charge in [-0.3, -0.25) is 10.1 Å². The Labute approximate surface area is 122 Å². The predicted molar refractivity (Wildman–Crippen MR) is 82.2 cm³/mol. The SMILES string of the molecule is CSC1CCCC(Nc2cc(CO)ccc2[N+](=O)[O-])C1. The number of nitro benzene ring substituents is 1. The van der Waals surface area contributed by atoms with Crippen molar-refractivity contribution in [2.45, 2.75) is 43.6 Å². The third-order valence-electron chi connectivity index (χ3n) is 3.76. The van der Waals surface area contributed by atoms with Crippen LogP contribution in [0.4, 0.5) is 11.4 Å². The summed E-state index contributed by atoms with van der Waals surface area (Å²) in [7, 11) is 0. The Hall–Kier alpha value is -1.27. The quantitative estimate of drug-likeness (QED) is 0.645. The Morgan fingerprint density at radius 3 is 2.95 bits per heavy atom. The van der Waals surface area contributed by atoms with Crippen LogP contribution in [0.5, 0.6) is 0 Å². The lowest BCUT2D eigenvalue weighted by Gasteiger charge is -2.29. The van der Waals surface area contributed by atoms with Crippen LogP contribution in [0.15, 0.2) is 18.2 Å². The molecule has 0 amide bonds. The Balaban J connectivity index is 2.16. The Bertz CT molecular complexity index is 481. The minimum Gasteiger partial charge on any atom is -0.392 e. The van der Waals surface area contributed by atoms with E-state index in [9.17, 15) is 15.2 Å². The fraction of sp³-hybridized carbons (Fsp3) is 0.571. The van der Waals surface area contributed by atoms with Crippen molar-refractivity contribution in [3.8, 4) is 0 Å². The number of nitro groups is 1. The molecule has 2 atom stereocenters. The van der Waals surface area contributed by atoms with Gasteiger partial charge in [0, 0.05) is 17.4 Å². The summed E-state index contributed by atoms with van der Waals surface area (Å²) < 4.78 is 0. The van der Waals surface area contributed by atoms with Gasteiger partial charge in [0.15, 0.2) is 0 Å². The minimum atomic E-state index is -0.377. The van der Waals surface area contributed by atoms with E-state index in [1.807, 2.05) is 11.8 Å². The molecule has 1 fully saturated rings. The number of rotatable bonds is 5. The molecule has 2 rings (SSSR count). The average Bonchev–Trinajstić information content (AvgIpc) is 2.47. The molecule has 5 nitrogen and oxygen atoms in total. The van der Waals surface area contributed by atoms with Gasteiger partial charge in [0.05, 0.1) is 11.5 Å². The smallest absolute Gasteiger partial charge is 0.292 e. The minimum absolute atomic E-state index is 0.0773. The normalized spacial score (nSPS) is 22.5. The van der Waals surface area contributed by atoms with Crippen molar-refractivity contribution in [1.29, 1.82) is 0 Å². The van der Waals surface area contributed by atoms with E-state index in [0.717, 1.165) is 19.3 Å². The third-order valence-corrected chi connectivity index (χ3v) is 4.85. The first-order chi connectivity index (χ1) is 9.63. The zero-order chi connectivity index (χ0) is 14.5. The van der Waals surface area contributed by atoms with Crippen molar-refractivity contribution in [3.05, 3.63) is 33.9 Å². The molecule has 1 aliphatic rings. The van der Waals surface area contributed by atoms with Crippen molar-refractivity contribution in [2.75, 3.05) is 11.6 Å². The topological polar surface area (TPSA) is 75.4 Å². The number of benzene rings is 1. The molecule has 0 radical (unpaired) electrons. The highest BCUT2D eigenvalue weighted by Crippen LogP contribution is 2.32. The maximum atomic E-state index is 11.1. The molecule has 0 heterocycles. The number of nitrogens with one attached hydrogen (secondary N) is 1.